The second kappa shape index (κ2) is 7.41. The molecular formula is C22H20N4O. The number of rotatable bonds is 5. The molecule has 27 heavy (non-hydrogen) atoms. The van der Waals surface area contributed by atoms with Crippen LogP contribution >= 0.6 is 0 Å². The normalized spacial score (nSPS) is 10.9. The van der Waals surface area contributed by atoms with Crippen molar-refractivity contribution in [2.24, 2.45) is 0 Å². The first kappa shape index (κ1) is 17.0. The molecule has 0 saturated carbocycles. The van der Waals surface area contributed by atoms with Crippen LogP contribution < -0.4 is 5.32 Å². The molecule has 0 spiro atoms. The summed E-state index contributed by atoms with van der Waals surface area (Å²) >= 11 is 0. The van der Waals surface area contributed by atoms with E-state index in [1.54, 1.807) is 6.07 Å². The molecule has 0 saturated heterocycles. The number of amides is 1. The van der Waals surface area contributed by atoms with E-state index in [1.807, 2.05) is 66.2 Å². The Bertz CT molecular complexity index is 1090. The highest BCUT2D eigenvalue weighted by atomic mass is 16.1. The van der Waals surface area contributed by atoms with Crippen molar-refractivity contribution in [3.8, 4) is 0 Å². The Labute approximate surface area is 157 Å². The Kier molecular flexibility index (Phi) is 4.66. The topological polar surface area (TPSA) is 59.8 Å². The lowest BCUT2D eigenvalue weighted by Gasteiger charge is -2.08. The van der Waals surface area contributed by atoms with Gasteiger partial charge in [0.25, 0.3) is 5.91 Å². The number of nitrogens with zero attached hydrogens (tertiary/aromatic N) is 3. The van der Waals surface area contributed by atoms with Crippen molar-refractivity contribution in [1.29, 1.82) is 0 Å². The van der Waals surface area contributed by atoms with E-state index in [0.717, 1.165) is 27.7 Å². The van der Waals surface area contributed by atoms with Crippen LogP contribution in [0.4, 0.5) is 0 Å². The maximum atomic E-state index is 12.5. The summed E-state index contributed by atoms with van der Waals surface area (Å²) < 4.78 is 1.85. The van der Waals surface area contributed by atoms with Crippen LogP contribution in [0.1, 0.15) is 27.0 Å². The summed E-state index contributed by atoms with van der Waals surface area (Å²) in [7, 11) is 0. The number of hydrogen-bond donors (Lipinski definition) is 1. The first-order chi connectivity index (χ1) is 13.2. The van der Waals surface area contributed by atoms with Crippen molar-refractivity contribution >= 4 is 16.9 Å². The summed E-state index contributed by atoms with van der Waals surface area (Å²) in [6, 6.07) is 23.7. The number of benzene rings is 3. The lowest BCUT2D eigenvalue weighted by molar-refractivity contribution is 0.0951. The van der Waals surface area contributed by atoms with Crippen LogP contribution in [0, 0.1) is 6.92 Å². The van der Waals surface area contributed by atoms with Gasteiger partial charge in [-0.15, -0.1) is 5.10 Å². The number of aryl methyl sites for hydroxylation is 1. The fourth-order valence-electron chi connectivity index (χ4n) is 3.07. The van der Waals surface area contributed by atoms with Crippen LogP contribution in [0.3, 0.4) is 0 Å². The third-order valence-corrected chi connectivity index (χ3v) is 4.65. The predicted octanol–water partition coefficient (Wildman–Crippen LogP) is 3.72. The SMILES string of the molecule is Cc1ccccc1CNC(=O)c1ccc2c(c1)nnn2Cc1ccccc1. The van der Waals surface area contributed by atoms with Crippen LogP contribution in [0.5, 0.6) is 0 Å². The van der Waals surface area contributed by atoms with Crippen LogP contribution in [0.25, 0.3) is 11.0 Å². The van der Waals surface area contributed by atoms with E-state index in [9.17, 15) is 4.79 Å². The Morgan fingerprint density at radius 3 is 2.59 bits per heavy atom. The van der Waals surface area contributed by atoms with Gasteiger partial charge in [0.15, 0.2) is 0 Å². The quantitative estimate of drug-likeness (QED) is 0.593. The zero-order valence-electron chi connectivity index (χ0n) is 15.1. The van der Waals surface area contributed by atoms with Crippen LogP contribution in [-0.2, 0) is 13.1 Å². The van der Waals surface area contributed by atoms with Crippen molar-refractivity contribution < 1.29 is 4.79 Å². The number of nitrogens with one attached hydrogen (secondary N) is 1. The number of carbonyl (C=O) groups excluding carboxylic acids is 1. The average Bonchev–Trinajstić information content (AvgIpc) is 3.10. The summed E-state index contributed by atoms with van der Waals surface area (Å²) in [6.07, 6.45) is 0. The fraction of sp³-hybridized carbons (Fsp3) is 0.136. The van der Waals surface area contributed by atoms with E-state index < -0.39 is 0 Å². The Morgan fingerprint density at radius 2 is 1.78 bits per heavy atom. The van der Waals surface area contributed by atoms with Crippen LogP contribution in [0.2, 0.25) is 0 Å². The predicted molar refractivity (Wildman–Crippen MR) is 105 cm³/mol. The summed E-state index contributed by atoms with van der Waals surface area (Å²) in [4.78, 5) is 12.5. The van der Waals surface area contributed by atoms with E-state index in [2.05, 4.69) is 27.8 Å². The van der Waals surface area contributed by atoms with Gasteiger partial charge in [0.2, 0.25) is 0 Å². The molecule has 0 aliphatic carbocycles. The van der Waals surface area contributed by atoms with E-state index >= 15 is 0 Å². The molecule has 0 radical (unpaired) electrons. The van der Waals surface area contributed by atoms with E-state index in [0.29, 0.717) is 18.7 Å². The summed E-state index contributed by atoms with van der Waals surface area (Å²) in [5.74, 6) is -0.113. The second-order valence-electron chi connectivity index (χ2n) is 6.55. The monoisotopic (exact) mass is 356 g/mol. The van der Waals surface area contributed by atoms with Crippen LogP contribution in [-0.4, -0.2) is 20.9 Å². The number of fused-ring (bicyclic) bond motifs is 1. The molecule has 1 aromatic heterocycles. The van der Waals surface area contributed by atoms with E-state index in [1.165, 1.54) is 0 Å². The number of carbonyl (C=O) groups is 1. The molecule has 1 amide bonds. The molecule has 1 N–H and O–H groups in total. The van der Waals surface area contributed by atoms with Crippen molar-refractivity contribution in [2.45, 2.75) is 20.0 Å². The smallest absolute Gasteiger partial charge is 0.251 e. The van der Waals surface area contributed by atoms with Crippen molar-refractivity contribution in [3.05, 3.63) is 95.1 Å². The Balaban J connectivity index is 1.50. The average molecular weight is 356 g/mol. The van der Waals surface area contributed by atoms with Gasteiger partial charge < -0.3 is 5.32 Å². The lowest BCUT2D eigenvalue weighted by Crippen LogP contribution is -2.23. The summed E-state index contributed by atoms with van der Waals surface area (Å²) in [5.41, 5.74) is 5.65. The highest BCUT2D eigenvalue weighted by molar-refractivity contribution is 5.97. The van der Waals surface area contributed by atoms with Gasteiger partial charge in [-0.3, -0.25) is 4.79 Å². The largest absolute Gasteiger partial charge is 0.348 e. The molecule has 1 heterocycles. The Morgan fingerprint density at radius 1 is 1.00 bits per heavy atom. The molecule has 5 heteroatoms. The molecular weight excluding hydrogens is 336 g/mol. The molecule has 0 unspecified atom stereocenters. The molecule has 0 atom stereocenters. The van der Waals surface area contributed by atoms with Crippen LogP contribution in [0.15, 0.2) is 72.8 Å². The summed E-state index contributed by atoms with van der Waals surface area (Å²) in [5, 5.41) is 11.4. The van der Waals surface area contributed by atoms with Gasteiger partial charge >= 0.3 is 0 Å². The molecule has 5 nitrogen and oxygen atoms in total. The molecule has 0 aliphatic rings. The minimum atomic E-state index is -0.113. The standard InChI is InChI=1S/C22H20N4O/c1-16-7-5-6-10-19(16)14-23-22(27)18-11-12-21-20(13-18)24-25-26(21)15-17-8-3-2-4-9-17/h2-13H,14-15H2,1H3,(H,23,27). The number of hydrogen-bond acceptors (Lipinski definition) is 3. The Hall–Kier alpha value is -3.47. The molecule has 4 aromatic rings. The highest BCUT2D eigenvalue weighted by Crippen LogP contribution is 2.15. The molecule has 4 rings (SSSR count). The first-order valence-corrected chi connectivity index (χ1v) is 8.90. The van der Waals surface area contributed by atoms with E-state index in [-0.39, 0.29) is 5.91 Å². The van der Waals surface area contributed by atoms with Gasteiger partial charge in [0.1, 0.15) is 5.52 Å². The zero-order chi connectivity index (χ0) is 18.6. The maximum absolute atomic E-state index is 12.5. The van der Waals surface area contributed by atoms with E-state index in [4.69, 9.17) is 0 Å². The van der Waals surface area contributed by atoms with Crippen molar-refractivity contribution in [2.75, 3.05) is 0 Å². The maximum Gasteiger partial charge on any atom is 0.251 e. The van der Waals surface area contributed by atoms with Crippen molar-refractivity contribution in [1.82, 2.24) is 20.3 Å². The third kappa shape index (κ3) is 3.72. The second-order valence-corrected chi connectivity index (χ2v) is 6.55. The number of aromatic nitrogens is 3. The minimum Gasteiger partial charge on any atom is -0.348 e. The first-order valence-electron chi connectivity index (χ1n) is 8.90. The third-order valence-electron chi connectivity index (χ3n) is 4.65. The zero-order valence-corrected chi connectivity index (χ0v) is 15.1. The summed E-state index contributed by atoms with van der Waals surface area (Å²) in [6.45, 7) is 3.19. The van der Waals surface area contributed by atoms with Gasteiger partial charge in [-0.05, 0) is 41.8 Å². The van der Waals surface area contributed by atoms with Gasteiger partial charge in [0.05, 0.1) is 12.1 Å². The van der Waals surface area contributed by atoms with Gasteiger partial charge in [-0.1, -0.05) is 59.8 Å². The highest BCUT2D eigenvalue weighted by Gasteiger charge is 2.11. The van der Waals surface area contributed by atoms with Gasteiger partial charge in [-0.2, -0.15) is 0 Å². The molecule has 134 valence electrons. The fourth-order valence-corrected chi connectivity index (χ4v) is 3.07. The minimum absolute atomic E-state index is 0.113. The molecule has 0 bridgehead atoms. The van der Waals surface area contributed by atoms with Gasteiger partial charge in [0, 0.05) is 12.1 Å². The molecule has 0 fully saturated rings. The lowest BCUT2D eigenvalue weighted by atomic mass is 10.1. The molecule has 3 aromatic carbocycles. The molecule has 0 aliphatic heterocycles. The van der Waals surface area contributed by atoms with Gasteiger partial charge in [-0.25, -0.2) is 4.68 Å². The van der Waals surface area contributed by atoms with Crippen molar-refractivity contribution in [3.63, 3.8) is 0 Å².